The van der Waals surface area contributed by atoms with Crippen molar-refractivity contribution in [1.29, 1.82) is 0 Å². The van der Waals surface area contributed by atoms with Gasteiger partial charge in [-0.3, -0.25) is 9.62 Å². The number of anilines is 1. The molecule has 1 unspecified atom stereocenters. The number of nitrogens with one attached hydrogen (secondary N) is 1. The fourth-order valence-electron chi connectivity index (χ4n) is 4.24. The predicted octanol–water partition coefficient (Wildman–Crippen LogP) is 5.74. The van der Waals surface area contributed by atoms with Crippen LogP contribution in [0, 0.1) is 5.82 Å². The average molecular weight is 453 g/mol. The molecule has 1 fully saturated rings. The molecule has 1 N–H and O–H groups in total. The molecule has 0 radical (unpaired) electrons. The smallest absolute Gasteiger partial charge is 0.261 e. The molecule has 6 heteroatoms. The summed E-state index contributed by atoms with van der Waals surface area (Å²) < 4.78 is 42.9. The van der Waals surface area contributed by atoms with E-state index >= 15 is 0 Å². The molecule has 1 aliphatic rings. The van der Waals surface area contributed by atoms with Gasteiger partial charge in [0.25, 0.3) is 10.0 Å². The molecule has 1 saturated heterocycles. The summed E-state index contributed by atoms with van der Waals surface area (Å²) in [5.41, 5.74) is 3.19. The summed E-state index contributed by atoms with van der Waals surface area (Å²) >= 11 is 0. The molecule has 1 heterocycles. The first-order valence-electron chi connectivity index (χ1n) is 11.0. The maximum Gasteiger partial charge on any atom is 0.261 e. The Labute approximate surface area is 190 Å². The first-order chi connectivity index (χ1) is 15.3. The molecule has 0 spiro atoms. The van der Waals surface area contributed by atoms with E-state index in [4.69, 9.17) is 0 Å². The molecule has 0 aromatic heterocycles. The van der Waals surface area contributed by atoms with Crippen molar-refractivity contribution in [3.05, 3.63) is 95.3 Å². The summed E-state index contributed by atoms with van der Waals surface area (Å²) in [7, 11) is -3.77. The second kappa shape index (κ2) is 9.43. The summed E-state index contributed by atoms with van der Waals surface area (Å²) in [6.07, 6.45) is 0.886. The van der Waals surface area contributed by atoms with Gasteiger partial charge in [-0.05, 0) is 59.8 Å². The van der Waals surface area contributed by atoms with Crippen LogP contribution in [0.1, 0.15) is 48.8 Å². The SMILES string of the molecule is CC(C)c1ccc(S(=O)(=O)Nc2ccc(C3CCN(Cc4ccccc4)C3)c(F)c2)cc1. The first kappa shape index (κ1) is 22.5. The Morgan fingerprint density at radius 1 is 1.03 bits per heavy atom. The number of rotatable bonds is 7. The summed E-state index contributed by atoms with van der Waals surface area (Å²) in [4.78, 5) is 2.50. The van der Waals surface area contributed by atoms with E-state index in [9.17, 15) is 12.8 Å². The molecule has 4 rings (SSSR count). The van der Waals surface area contributed by atoms with Crippen LogP contribution in [0.5, 0.6) is 0 Å². The fourth-order valence-corrected chi connectivity index (χ4v) is 5.29. The second-order valence-electron chi connectivity index (χ2n) is 8.77. The Hall–Kier alpha value is -2.70. The number of hydrogen-bond acceptors (Lipinski definition) is 3. The zero-order valence-electron chi connectivity index (χ0n) is 18.5. The molecule has 0 amide bonds. The third kappa shape index (κ3) is 5.19. The predicted molar refractivity (Wildman–Crippen MR) is 127 cm³/mol. The van der Waals surface area contributed by atoms with E-state index in [1.807, 2.05) is 30.3 Å². The molecule has 1 aliphatic heterocycles. The Kier molecular flexibility index (Phi) is 6.63. The highest BCUT2D eigenvalue weighted by Crippen LogP contribution is 2.31. The van der Waals surface area contributed by atoms with E-state index in [-0.39, 0.29) is 22.3 Å². The van der Waals surface area contributed by atoms with Crippen molar-refractivity contribution in [3.63, 3.8) is 0 Å². The van der Waals surface area contributed by atoms with E-state index < -0.39 is 10.0 Å². The minimum absolute atomic E-state index is 0.105. The van der Waals surface area contributed by atoms with Gasteiger partial charge in [-0.2, -0.15) is 0 Å². The van der Waals surface area contributed by atoms with Gasteiger partial charge in [-0.1, -0.05) is 62.4 Å². The van der Waals surface area contributed by atoms with Crippen molar-refractivity contribution in [2.75, 3.05) is 17.8 Å². The van der Waals surface area contributed by atoms with Crippen molar-refractivity contribution in [1.82, 2.24) is 4.90 Å². The van der Waals surface area contributed by atoms with Crippen LogP contribution in [-0.4, -0.2) is 26.4 Å². The van der Waals surface area contributed by atoms with E-state index in [1.165, 1.54) is 11.6 Å². The van der Waals surface area contributed by atoms with Crippen LogP contribution in [-0.2, 0) is 16.6 Å². The van der Waals surface area contributed by atoms with Crippen molar-refractivity contribution in [2.24, 2.45) is 0 Å². The normalized spacial score (nSPS) is 17.1. The number of sulfonamides is 1. The van der Waals surface area contributed by atoms with Gasteiger partial charge in [0.05, 0.1) is 10.6 Å². The molecule has 0 saturated carbocycles. The molecule has 1 atom stereocenters. The summed E-state index contributed by atoms with van der Waals surface area (Å²) in [5, 5.41) is 0. The third-order valence-corrected chi connectivity index (χ3v) is 7.47. The zero-order chi connectivity index (χ0) is 22.7. The van der Waals surface area contributed by atoms with Gasteiger partial charge in [0.1, 0.15) is 5.82 Å². The monoisotopic (exact) mass is 452 g/mol. The number of hydrogen-bond donors (Lipinski definition) is 1. The summed E-state index contributed by atoms with van der Waals surface area (Å²) in [6, 6.07) is 21.7. The van der Waals surface area contributed by atoms with Gasteiger partial charge >= 0.3 is 0 Å². The lowest BCUT2D eigenvalue weighted by molar-refractivity contribution is 0.326. The molecule has 0 aliphatic carbocycles. The van der Waals surface area contributed by atoms with E-state index in [0.717, 1.165) is 31.6 Å². The standard InChI is InChI=1S/C26H29FN2O2S/c1-19(2)21-8-11-24(12-9-21)32(30,31)28-23-10-13-25(26(27)16-23)22-14-15-29(18-22)17-20-6-4-3-5-7-20/h3-13,16,19,22,28H,14-15,17-18H2,1-2H3. The largest absolute Gasteiger partial charge is 0.298 e. The van der Waals surface area contributed by atoms with E-state index in [1.54, 1.807) is 24.3 Å². The number of nitrogens with zero attached hydrogens (tertiary/aromatic N) is 1. The number of benzene rings is 3. The van der Waals surface area contributed by atoms with Crippen LogP contribution in [0.2, 0.25) is 0 Å². The highest BCUT2D eigenvalue weighted by atomic mass is 32.2. The van der Waals surface area contributed by atoms with Gasteiger partial charge in [0.2, 0.25) is 0 Å². The Bertz CT molecular complexity index is 1160. The molecular formula is C26H29FN2O2S. The minimum Gasteiger partial charge on any atom is -0.298 e. The van der Waals surface area contributed by atoms with Gasteiger partial charge in [-0.15, -0.1) is 0 Å². The van der Waals surface area contributed by atoms with Gasteiger partial charge < -0.3 is 0 Å². The summed E-state index contributed by atoms with van der Waals surface area (Å²) in [6.45, 7) is 6.67. The number of likely N-dealkylation sites (tertiary alicyclic amines) is 1. The molecule has 168 valence electrons. The lowest BCUT2D eigenvalue weighted by atomic mass is 9.97. The fraction of sp³-hybridized carbons (Fsp3) is 0.308. The quantitative estimate of drug-likeness (QED) is 0.497. The molecule has 0 bridgehead atoms. The van der Waals surface area contributed by atoms with Crippen LogP contribution in [0.25, 0.3) is 0 Å². The zero-order valence-corrected chi connectivity index (χ0v) is 19.3. The lowest BCUT2D eigenvalue weighted by Crippen LogP contribution is -2.20. The average Bonchev–Trinajstić information content (AvgIpc) is 3.22. The van der Waals surface area contributed by atoms with Crippen molar-refractivity contribution >= 4 is 15.7 Å². The highest BCUT2D eigenvalue weighted by Gasteiger charge is 2.26. The van der Waals surface area contributed by atoms with Crippen LogP contribution in [0.3, 0.4) is 0 Å². The van der Waals surface area contributed by atoms with E-state index in [2.05, 4.69) is 35.6 Å². The van der Waals surface area contributed by atoms with E-state index in [0.29, 0.717) is 11.5 Å². The molecule has 3 aromatic carbocycles. The molecular weight excluding hydrogens is 423 g/mol. The number of halogens is 1. The second-order valence-corrected chi connectivity index (χ2v) is 10.5. The molecule has 32 heavy (non-hydrogen) atoms. The Morgan fingerprint density at radius 2 is 1.75 bits per heavy atom. The molecule has 3 aromatic rings. The van der Waals surface area contributed by atoms with Crippen molar-refractivity contribution in [2.45, 2.75) is 43.5 Å². The van der Waals surface area contributed by atoms with Crippen LogP contribution < -0.4 is 4.72 Å². The maximum absolute atomic E-state index is 14.9. The topological polar surface area (TPSA) is 49.4 Å². The van der Waals surface area contributed by atoms with Crippen LogP contribution in [0.15, 0.2) is 77.7 Å². The van der Waals surface area contributed by atoms with Gasteiger partial charge in [0.15, 0.2) is 0 Å². The first-order valence-corrected chi connectivity index (χ1v) is 12.5. The van der Waals surface area contributed by atoms with Crippen molar-refractivity contribution in [3.8, 4) is 0 Å². The van der Waals surface area contributed by atoms with Crippen LogP contribution >= 0.6 is 0 Å². The molecule has 4 nitrogen and oxygen atoms in total. The maximum atomic E-state index is 14.9. The highest BCUT2D eigenvalue weighted by molar-refractivity contribution is 7.92. The third-order valence-electron chi connectivity index (χ3n) is 6.07. The van der Waals surface area contributed by atoms with Crippen molar-refractivity contribution < 1.29 is 12.8 Å². The van der Waals surface area contributed by atoms with Gasteiger partial charge in [0, 0.05) is 19.0 Å². The Morgan fingerprint density at radius 3 is 2.41 bits per heavy atom. The summed E-state index contributed by atoms with van der Waals surface area (Å²) in [5.74, 6) is 0.0559. The minimum atomic E-state index is -3.77. The lowest BCUT2D eigenvalue weighted by Gasteiger charge is -2.17. The van der Waals surface area contributed by atoms with Gasteiger partial charge in [-0.25, -0.2) is 12.8 Å². The van der Waals surface area contributed by atoms with Crippen LogP contribution in [0.4, 0.5) is 10.1 Å². The Balaban J connectivity index is 1.43.